The first kappa shape index (κ1) is 21.0. The molecule has 2 atom stereocenters. The van der Waals surface area contributed by atoms with Gasteiger partial charge in [0.25, 0.3) is 5.91 Å². The zero-order valence-electron chi connectivity index (χ0n) is 14.7. The molecule has 1 saturated heterocycles. The van der Waals surface area contributed by atoms with E-state index in [0.717, 1.165) is 12.8 Å². The Morgan fingerprint density at radius 3 is 2.62 bits per heavy atom. The molecule has 6 nitrogen and oxygen atoms in total. The van der Waals surface area contributed by atoms with Gasteiger partial charge in [-0.3, -0.25) is 4.79 Å². The van der Waals surface area contributed by atoms with Crippen LogP contribution in [0.15, 0.2) is 18.2 Å². The van der Waals surface area contributed by atoms with Crippen LogP contribution in [0.1, 0.15) is 36.2 Å². The van der Waals surface area contributed by atoms with Crippen molar-refractivity contribution >= 4 is 41.5 Å². The Labute approximate surface area is 169 Å². The minimum Gasteiger partial charge on any atom is -0.332 e. The van der Waals surface area contributed by atoms with Crippen LogP contribution in [-0.2, 0) is 0 Å². The molecule has 2 heterocycles. The summed E-state index contributed by atoms with van der Waals surface area (Å²) in [7, 11) is 0. The van der Waals surface area contributed by atoms with Gasteiger partial charge in [-0.1, -0.05) is 36.2 Å². The SMILES string of the molecule is Cc1nc(C(=O)N2CCC(C)CC2CN)nn1-c1c(Cl)cccc1Cl.Cl. The molecule has 1 aliphatic rings. The van der Waals surface area contributed by atoms with Crippen LogP contribution < -0.4 is 5.73 Å². The van der Waals surface area contributed by atoms with Crippen LogP contribution in [-0.4, -0.2) is 44.7 Å². The first-order valence-electron chi connectivity index (χ1n) is 8.31. The Balaban J connectivity index is 0.00000243. The third kappa shape index (κ3) is 3.98. The molecule has 1 aromatic heterocycles. The second-order valence-corrected chi connectivity index (χ2v) is 7.30. The average Bonchev–Trinajstić information content (AvgIpc) is 2.95. The van der Waals surface area contributed by atoms with Gasteiger partial charge in [0.1, 0.15) is 11.5 Å². The Morgan fingerprint density at radius 2 is 2.00 bits per heavy atom. The van der Waals surface area contributed by atoms with Gasteiger partial charge in [0.2, 0.25) is 5.82 Å². The summed E-state index contributed by atoms with van der Waals surface area (Å²) in [5, 5.41) is 5.27. The van der Waals surface area contributed by atoms with Gasteiger partial charge in [-0.05, 0) is 37.8 Å². The highest BCUT2D eigenvalue weighted by Gasteiger charge is 2.32. The molecule has 0 radical (unpaired) electrons. The number of rotatable bonds is 3. The molecule has 142 valence electrons. The quantitative estimate of drug-likeness (QED) is 0.827. The minimum atomic E-state index is -0.202. The molecule has 2 aromatic rings. The van der Waals surface area contributed by atoms with E-state index in [-0.39, 0.29) is 30.2 Å². The smallest absolute Gasteiger partial charge is 0.293 e. The number of carbonyl (C=O) groups is 1. The van der Waals surface area contributed by atoms with Crippen molar-refractivity contribution in [3.05, 3.63) is 39.9 Å². The van der Waals surface area contributed by atoms with E-state index in [0.29, 0.717) is 40.6 Å². The number of para-hydroxylation sites is 1. The molecule has 0 bridgehead atoms. The van der Waals surface area contributed by atoms with E-state index < -0.39 is 0 Å². The minimum absolute atomic E-state index is 0. The van der Waals surface area contributed by atoms with Crippen LogP contribution in [0.5, 0.6) is 0 Å². The monoisotopic (exact) mass is 417 g/mol. The van der Waals surface area contributed by atoms with Crippen molar-refractivity contribution < 1.29 is 4.79 Å². The molecule has 1 amide bonds. The van der Waals surface area contributed by atoms with Crippen molar-refractivity contribution in [2.45, 2.75) is 32.7 Å². The van der Waals surface area contributed by atoms with Gasteiger partial charge in [-0.15, -0.1) is 17.5 Å². The number of amides is 1. The zero-order valence-corrected chi connectivity index (χ0v) is 17.0. The lowest BCUT2D eigenvalue weighted by Gasteiger charge is -2.37. The summed E-state index contributed by atoms with van der Waals surface area (Å²) in [6.07, 6.45) is 1.86. The fourth-order valence-electron chi connectivity index (χ4n) is 3.25. The second-order valence-electron chi connectivity index (χ2n) is 6.48. The first-order valence-corrected chi connectivity index (χ1v) is 9.07. The van der Waals surface area contributed by atoms with Gasteiger partial charge < -0.3 is 10.6 Å². The predicted octanol–water partition coefficient (Wildman–Crippen LogP) is 3.50. The summed E-state index contributed by atoms with van der Waals surface area (Å²) in [6, 6.07) is 5.23. The lowest BCUT2D eigenvalue weighted by Crippen LogP contribution is -2.49. The van der Waals surface area contributed by atoms with E-state index in [1.165, 1.54) is 4.68 Å². The Bertz CT molecular complexity index is 774. The fraction of sp³-hybridized carbons (Fsp3) is 0.471. The molecule has 1 fully saturated rings. The average molecular weight is 419 g/mol. The van der Waals surface area contributed by atoms with Crippen molar-refractivity contribution in [1.29, 1.82) is 0 Å². The van der Waals surface area contributed by atoms with Crippen LogP contribution >= 0.6 is 35.6 Å². The molecular weight excluding hydrogens is 397 g/mol. The number of piperidine rings is 1. The van der Waals surface area contributed by atoms with Crippen molar-refractivity contribution in [1.82, 2.24) is 19.7 Å². The van der Waals surface area contributed by atoms with E-state index in [4.69, 9.17) is 28.9 Å². The summed E-state index contributed by atoms with van der Waals surface area (Å²) < 4.78 is 1.52. The number of carbonyl (C=O) groups excluding carboxylic acids is 1. The highest BCUT2D eigenvalue weighted by atomic mass is 35.5. The van der Waals surface area contributed by atoms with Gasteiger partial charge >= 0.3 is 0 Å². The second kappa shape index (κ2) is 8.57. The summed E-state index contributed by atoms with van der Waals surface area (Å²) in [6.45, 7) is 5.05. The highest BCUT2D eigenvalue weighted by Crippen LogP contribution is 2.29. The number of aryl methyl sites for hydroxylation is 1. The van der Waals surface area contributed by atoms with Crippen LogP contribution in [0.2, 0.25) is 10.0 Å². The molecule has 2 N–H and O–H groups in total. The number of nitrogens with zero attached hydrogens (tertiary/aromatic N) is 4. The van der Waals surface area contributed by atoms with Gasteiger partial charge in [-0.2, -0.15) is 0 Å². The lowest BCUT2D eigenvalue weighted by atomic mass is 9.92. The van der Waals surface area contributed by atoms with Gasteiger partial charge in [-0.25, -0.2) is 9.67 Å². The van der Waals surface area contributed by atoms with Gasteiger partial charge in [0.05, 0.1) is 10.0 Å². The first-order chi connectivity index (χ1) is 11.9. The third-order valence-corrected chi connectivity index (χ3v) is 5.23. The normalized spacial score (nSPS) is 20.0. The van der Waals surface area contributed by atoms with E-state index in [2.05, 4.69) is 17.0 Å². The number of benzene rings is 1. The number of hydrogen-bond acceptors (Lipinski definition) is 4. The molecule has 26 heavy (non-hydrogen) atoms. The lowest BCUT2D eigenvalue weighted by molar-refractivity contribution is 0.0561. The van der Waals surface area contributed by atoms with E-state index in [1.54, 1.807) is 30.0 Å². The molecule has 1 aromatic carbocycles. The molecule has 0 saturated carbocycles. The highest BCUT2D eigenvalue weighted by molar-refractivity contribution is 6.37. The van der Waals surface area contributed by atoms with Crippen LogP contribution in [0, 0.1) is 12.8 Å². The standard InChI is InChI=1S/C17H21Cl2N5O.ClH/c1-10-6-7-23(12(8-10)9-20)17(25)16-21-11(2)24(22-16)15-13(18)4-3-5-14(15)19;/h3-5,10,12H,6-9,20H2,1-2H3;1H. The Morgan fingerprint density at radius 1 is 1.35 bits per heavy atom. The Kier molecular flexibility index (Phi) is 6.91. The van der Waals surface area contributed by atoms with Crippen LogP contribution in [0.3, 0.4) is 0 Å². The maximum absolute atomic E-state index is 12.9. The number of hydrogen-bond donors (Lipinski definition) is 1. The van der Waals surface area contributed by atoms with E-state index >= 15 is 0 Å². The van der Waals surface area contributed by atoms with Crippen molar-refractivity contribution in [3.63, 3.8) is 0 Å². The molecular formula is C17H22Cl3N5O. The molecule has 9 heteroatoms. The summed E-state index contributed by atoms with van der Waals surface area (Å²) in [5.74, 6) is 1.05. The summed E-state index contributed by atoms with van der Waals surface area (Å²) in [4.78, 5) is 19.0. The van der Waals surface area contributed by atoms with Crippen LogP contribution in [0.25, 0.3) is 5.69 Å². The summed E-state index contributed by atoms with van der Waals surface area (Å²) in [5.41, 5.74) is 6.39. The molecule has 3 rings (SSSR count). The number of likely N-dealkylation sites (tertiary alicyclic amines) is 1. The van der Waals surface area contributed by atoms with Crippen molar-refractivity contribution in [2.75, 3.05) is 13.1 Å². The van der Waals surface area contributed by atoms with Crippen molar-refractivity contribution in [2.24, 2.45) is 11.7 Å². The third-order valence-electron chi connectivity index (χ3n) is 4.62. The van der Waals surface area contributed by atoms with Gasteiger partial charge in [0.15, 0.2) is 0 Å². The maximum atomic E-state index is 12.9. The zero-order chi connectivity index (χ0) is 18.1. The largest absolute Gasteiger partial charge is 0.332 e. The topological polar surface area (TPSA) is 77.0 Å². The van der Waals surface area contributed by atoms with Crippen molar-refractivity contribution in [3.8, 4) is 5.69 Å². The fourth-order valence-corrected chi connectivity index (χ4v) is 3.81. The molecule has 1 aliphatic heterocycles. The maximum Gasteiger partial charge on any atom is 0.293 e. The summed E-state index contributed by atoms with van der Waals surface area (Å²) >= 11 is 12.5. The Hall–Kier alpha value is -1.34. The van der Waals surface area contributed by atoms with E-state index in [1.807, 2.05) is 0 Å². The molecule has 0 aliphatic carbocycles. The van der Waals surface area contributed by atoms with E-state index in [9.17, 15) is 4.79 Å². The van der Waals surface area contributed by atoms with Gasteiger partial charge in [0, 0.05) is 19.1 Å². The predicted molar refractivity (Wildman–Crippen MR) is 106 cm³/mol. The number of aromatic nitrogens is 3. The number of halogens is 3. The number of nitrogens with two attached hydrogens (primary N) is 1. The molecule has 0 spiro atoms. The van der Waals surface area contributed by atoms with Crippen LogP contribution in [0.4, 0.5) is 0 Å². The molecule has 2 unspecified atom stereocenters.